The van der Waals surface area contributed by atoms with Crippen LogP contribution >= 0.6 is 0 Å². The largest absolute Gasteiger partial charge is 0.497 e. The van der Waals surface area contributed by atoms with Gasteiger partial charge in [0, 0.05) is 26.0 Å². The average molecular weight is 245 g/mol. The summed E-state index contributed by atoms with van der Waals surface area (Å²) < 4.78 is 7.17. The van der Waals surface area contributed by atoms with Crippen LogP contribution in [0.4, 0.5) is 0 Å². The van der Waals surface area contributed by atoms with Crippen molar-refractivity contribution in [2.75, 3.05) is 7.11 Å². The van der Waals surface area contributed by atoms with E-state index in [1.165, 1.54) is 5.56 Å². The van der Waals surface area contributed by atoms with Gasteiger partial charge in [0.2, 0.25) is 0 Å². The molecule has 0 unspecified atom stereocenters. The Morgan fingerprint density at radius 3 is 2.61 bits per heavy atom. The van der Waals surface area contributed by atoms with E-state index in [-0.39, 0.29) is 6.04 Å². The van der Waals surface area contributed by atoms with Gasteiger partial charge in [-0.05, 0) is 24.6 Å². The van der Waals surface area contributed by atoms with Gasteiger partial charge in [-0.25, -0.2) is 4.98 Å². The van der Waals surface area contributed by atoms with Gasteiger partial charge >= 0.3 is 0 Å². The molecule has 0 aliphatic rings. The zero-order chi connectivity index (χ0) is 13.0. The van der Waals surface area contributed by atoms with Crippen molar-refractivity contribution in [3.05, 3.63) is 48.0 Å². The van der Waals surface area contributed by atoms with Crippen LogP contribution in [0.15, 0.2) is 36.7 Å². The fourth-order valence-electron chi connectivity index (χ4n) is 1.90. The normalized spacial score (nSPS) is 12.4. The van der Waals surface area contributed by atoms with Crippen LogP contribution in [0.25, 0.3) is 0 Å². The van der Waals surface area contributed by atoms with Crippen LogP contribution in [-0.2, 0) is 13.6 Å². The molecule has 0 spiro atoms. The summed E-state index contributed by atoms with van der Waals surface area (Å²) in [6, 6.07) is 8.31. The Kier molecular flexibility index (Phi) is 3.99. The lowest BCUT2D eigenvalue weighted by atomic mass is 10.2. The van der Waals surface area contributed by atoms with Crippen LogP contribution in [0.2, 0.25) is 0 Å². The number of benzene rings is 1. The lowest BCUT2D eigenvalue weighted by Gasteiger charge is -2.13. The summed E-state index contributed by atoms with van der Waals surface area (Å²) in [6.45, 7) is 2.93. The molecule has 2 rings (SSSR count). The summed E-state index contributed by atoms with van der Waals surface area (Å²) in [4.78, 5) is 4.34. The van der Waals surface area contributed by atoms with Crippen molar-refractivity contribution in [3.8, 4) is 5.75 Å². The number of nitrogens with one attached hydrogen (secondary N) is 1. The predicted octanol–water partition coefficient (Wildman–Crippen LogP) is 2.28. The standard InChI is InChI=1S/C14H19N3O/c1-11(14-15-8-9-17(14)2)16-10-12-4-6-13(18-3)7-5-12/h4-9,11,16H,10H2,1-3H3/t11-/m1/s1. The molecule has 1 atom stereocenters. The van der Waals surface area contributed by atoms with Gasteiger partial charge < -0.3 is 14.6 Å². The van der Waals surface area contributed by atoms with Gasteiger partial charge in [0.25, 0.3) is 0 Å². The third-order valence-corrected chi connectivity index (χ3v) is 3.02. The summed E-state index contributed by atoms with van der Waals surface area (Å²) in [5, 5.41) is 3.46. The number of aryl methyl sites for hydroxylation is 1. The molecule has 4 nitrogen and oxygen atoms in total. The fraction of sp³-hybridized carbons (Fsp3) is 0.357. The number of rotatable bonds is 5. The lowest BCUT2D eigenvalue weighted by molar-refractivity contribution is 0.414. The molecule has 2 aromatic rings. The molecule has 0 aliphatic carbocycles. The molecule has 1 aromatic heterocycles. The smallest absolute Gasteiger partial charge is 0.125 e. The van der Waals surface area contributed by atoms with Crippen molar-refractivity contribution >= 4 is 0 Å². The maximum atomic E-state index is 5.14. The molecule has 0 aliphatic heterocycles. The van der Waals surface area contributed by atoms with Gasteiger partial charge in [-0.2, -0.15) is 0 Å². The Morgan fingerprint density at radius 1 is 1.33 bits per heavy atom. The minimum Gasteiger partial charge on any atom is -0.497 e. The van der Waals surface area contributed by atoms with Gasteiger partial charge in [0.1, 0.15) is 11.6 Å². The van der Waals surface area contributed by atoms with Crippen LogP contribution in [0.1, 0.15) is 24.4 Å². The quantitative estimate of drug-likeness (QED) is 0.878. The van der Waals surface area contributed by atoms with Crippen molar-refractivity contribution in [1.82, 2.24) is 14.9 Å². The highest BCUT2D eigenvalue weighted by Crippen LogP contribution is 2.13. The van der Waals surface area contributed by atoms with Gasteiger partial charge in [0.05, 0.1) is 13.2 Å². The molecular formula is C14H19N3O. The van der Waals surface area contributed by atoms with Crippen molar-refractivity contribution in [2.24, 2.45) is 7.05 Å². The number of methoxy groups -OCH3 is 1. The molecular weight excluding hydrogens is 226 g/mol. The minimum atomic E-state index is 0.229. The van der Waals surface area contributed by atoms with Crippen LogP contribution in [0.3, 0.4) is 0 Å². The zero-order valence-corrected chi connectivity index (χ0v) is 11.1. The summed E-state index contributed by atoms with van der Waals surface area (Å²) in [5.41, 5.74) is 1.23. The van der Waals surface area contributed by atoms with Crippen molar-refractivity contribution < 1.29 is 4.74 Å². The molecule has 0 saturated heterocycles. The molecule has 0 saturated carbocycles. The Morgan fingerprint density at radius 2 is 2.06 bits per heavy atom. The van der Waals surface area contributed by atoms with E-state index in [0.29, 0.717) is 0 Å². The summed E-state index contributed by atoms with van der Waals surface area (Å²) >= 11 is 0. The van der Waals surface area contributed by atoms with Gasteiger partial charge in [-0.3, -0.25) is 0 Å². The first-order valence-electron chi connectivity index (χ1n) is 6.04. The molecule has 0 fully saturated rings. The first-order chi connectivity index (χ1) is 8.70. The second kappa shape index (κ2) is 5.69. The molecule has 4 heteroatoms. The van der Waals surface area contributed by atoms with E-state index in [4.69, 9.17) is 4.74 Å². The van der Waals surface area contributed by atoms with Crippen LogP contribution < -0.4 is 10.1 Å². The van der Waals surface area contributed by atoms with Gasteiger partial charge in [-0.1, -0.05) is 12.1 Å². The molecule has 1 aromatic carbocycles. The SMILES string of the molecule is COc1ccc(CN[C@H](C)c2nccn2C)cc1. The van der Waals surface area contributed by atoms with Crippen LogP contribution in [0, 0.1) is 0 Å². The molecule has 1 heterocycles. The third kappa shape index (κ3) is 2.90. The molecule has 0 bridgehead atoms. The molecule has 0 amide bonds. The van der Waals surface area contributed by atoms with Crippen molar-refractivity contribution in [1.29, 1.82) is 0 Å². The summed E-state index contributed by atoms with van der Waals surface area (Å²) in [5.74, 6) is 1.93. The van der Waals surface area contributed by atoms with E-state index in [1.807, 2.05) is 36.1 Å². The fourth-order valence-corrected chi connectivity index (χ4v) is 1.90. The van der Waals surface area contributed by atoms with E-state index in [9.17, 15) is 0 Å². The zero-order valence-electron chi connectivity index (χ0n) is 11.1. The summed E-state index contributed by atoms with van der Waals surface area (Å²) in [7, 11) is 3.68. The topological polar surface area (TPSA) is 39.1 Å². The number of aromatic nitrogens is 2. The lowest BCUT2D eigenvalue weighted by Crippen LogP contribution is -2.20. The Hall–Kier alpha value is -1.81. The van der Waals surface area contributed by atoms with E-state index in [2.05, 4.69) is 29.4 Å². The maximum Gasteiger partial charge on any atom is 0.125 e. The first kappa shape index (κ1) is 12.6. The van der Waals surface area contributed by atoms with Gasteiger partial charge in [-0.15, -0.1) is 0 Å². The van der Waals surface area contributed by atoms with Crippen molar-refractivity contribution in [3.63, 3.8) is 0 Å². The highest BCUT2D eigenvalue weighted by molar-refractivity contribution is 5.27. The number of imidazole rings is 1. The third-order valence-electron chi connectivity index (χ3n) is 3.02. The van der Waals surface area contributed by atoms with Crippen LogP contribution in [-0.4, -0.2) is 16.7 Å². The van der Waals surface area contributed by atoms with E-state index in [1.54, 1.807) is 7.11 Å². The monoisotopic (exact) mass is 245 g/mol. The highest BCUT2D eigenvalue weighted by atomic mass is 16.5. The maximum absolute atomic E-state index is 5.14. The predicted molar refractivity (Wildman–Crippen MR) is 71.5 cm³/mol. The minimum absolute atomic E-state index is 0.229. The van der Waals surface area contributed by atoms with E-state index < -0.39 is 0 Å². The Labute approximate surface area is 108 Å². The number of ether oxygens (including phenoxy) is 1. The molecule has 1 N–H and O–H groups in total. The Bertz CT molecular complexity index is 490. The molecule has 0 radical (unpaired) electrons. The number of hydrogen-bond donors (Lipinski definition) is 1. The van der Waals surface area contributed by atoms with E-state index >= 15 is 0 Å². The molecule has 96 valence electrons. The summed E-state index contributed by atoms with van der Waals surface area (Å²) in [6.07, 6.45) is 3.78. The number of nitrogens with zero attached hydrogens (tertiary/aromatic N) is 2. The van der Waals surface area contributed by atoms with Crippen LogP contribution in [0.5, 0.6) is 5.75 Å². The van der Waals surface area contributed by atoms with E-state index in [0.717, 1.165) is 18.1 Å². The second-order valence-corrected chi connectivity index (χ2v) is 4.35. The van der Waals surface area contributed by atoms with Crippen molar-refractivity contribution in [2.45, 2.75) is 19.5 Å². The van der Waals surface area contributed by atoms with Gasteiger partial charge in [0.15, 0.2) is 0 Å². The first-order valence-corrected chi connectivity index (χ1v) is 6.04. The molecule has 18 heavy (non-hydrogen) atoms. The average Bonchev–Trinajstić information content (AvgIpc) is 2.83. The number of hydrogen-bond acceptors (Lipinski definition) is 3. The second-order valence-electron chi connectivity index (χ2n) is 4.35. The highest BCUT2D eigenvalue weighted by Gasteiger charge is 2.09. The Balaban J connectivity index is 1.93.